The molecule has 3 aromatic carbocycles. The maximum atomic E-state index is 13.7. The lowest BCUT2D eigenvalue weighted by Gasteiger charge is -2.38. The summed E-state index contributed by atoms with van der Waals surface area (Å²) in [5.41, 5.74) is 4.40. The first kappa shape index (κ1) is 21.2. The van der Waals surface area contributed by atoms with Crippen molar-refractivity contribution in [3.05, 3.63) is 108 Å². The zero-order valence-electron chi connectivity index (χ0n) is 18.4. The molecule has 2 atom stereocenters. The molecule has 0 aromatic heterocycles. The van der Waals surface area contributed by atoms with E-state index in [0.29, 0.717) is 5.70 Å². The van der Waals surface area contributed by atoms with Crippen molar-refractivity contribution in [1.29, 1.82) is 0 Å². The molecule has 0 bridgehead atoms. The average molecular weight is 457 g/mol. The lowest BCUT2D eigenvalue weighted by Crippen LogP contribution is -2.43. The fraction of sp³-hybridized carbons (Fsp3) is 0.148. The molecule has 0 fully saturated rings. The maximum Gasteiger partial charge on any atom is 0.270 e. The van der Waals surface area contributed by atoms with Crippen molar-refractivity contribution >= 4 is 33.4 Å². The summed E-state index contributed by atoms with van der Waals surface area (Å²) in [7, 11) is -4.09. The third kappa shape index (κ3) is 3.56. The largest absolute Gasteiger partial charge is 0.331 e. The van der Waals surface area contributed by atoms with Gasteiger partial charge in [0.2, 0.25) is 5.91 Å². The number of aryl methyl sites for hydroxylation is 1. The van der Waals surface area contributed by atoms with Crippen molar-refractivity contribution in [3.8, 4) is 0 Å². The van der Waals surface area contributed by atoms with E-state index in [9.17, 15) is 13.2 Å². The molecule has 0 saturated heterocycles. The molecule has 6 heteroatoms. The van der Waals surface area contributed by atoms with E-state index >= 15 is 0 Å². The molecule has 0 N–H and O–H groups in total. The number of sulfonamides is 1. The van der Waals surface area contributed by atoms with E-state index in [-0.39, 0.29) is 10.9 Å². The second-order valence-electron chi connectivity index (χ2n) is 8.40. The lowest BCUT2D eigenvalue weighted by atomic mass is 9.92. The molecule has 1 amide bonds. The van der Waals surface area contributed by atoms with Crippen molar-refractivity contribution in [3.63, 3.8) is 0 Å². The van der Waals surface area contributed by atoms with Gasteiger partial charge in [-0.2, -0.15) is 0 Å². The monoisotopic (exact) mass is 456 g/mol. The van der Waals surface area contributed by atoms with Crippen LogP contribution in [0.2, 0.25) is 0 Å². The summed E-state index contributed by atoms with van der Waals surface area (Å²) in [6, 6.07) is 23.8. The van der Waals surface area contributed by atoms with Gasteiger partial charge in [0.15, 0.2) is 0 Å². The Balaban J connectivity index is 1.75. The Labute approximate surface area is 194 Å². The number of fused-ring (bicyclic) bond motifs is 3. The van der Waals surface area contributed by atoms with Crippen LogP contribution in [0.25, 0.3) is 11.8 Å². The third-order valence-corrected chi connectivity index (χ3v) is 7.90. The number of rotatable bonds is 3. The molecule has 2 heterocycles. The molecule has 2 unspecified atom stereocenters. The summed E-state index contributed by atoms with van der Waals surface area (Å²) >= 11 is 0. The summed E-state index contributed by atoms with van der Waals surface area (Å²) in [6.07, 6.45) is 5.48. The van der Waals surface area contributed by atoms with E-state index in [1.54, 1.807) is 31.2 Å². The fourth-order valence-electron chi connectivity index (χ4n) is 4.40. The van der Waals surface area contributed by atoms with Gasteiger partial charge in [-0.25, -0.2) is 12.7 Å². The number of carbonyl (C=O) groups is 1. The topological polar surface area (TPSA) is 57.7 Å². The molecule has 5 nitrogen and oxygen atoms in total. The van der Waals surface area contributed by atoms with Gasteiger partial charge in [-0.3, -0.25) is 4.79 Å². The highest BCUT2D eigenvalue weighted by Gasteiger charge is 2.42. The third-order valence-electron chi connectivity index (χ3n) is 6.23. The highest BCUT2D eigenvalue weighted by Crippen LogP contribution is 2.41. The highest BCUT2D eigenvalue weighted by atomic mass is 32.2. The Morgan fingerprint density at radius 1 is 0.848 bits per heavy atom. The molecule has 2 aliphatic rings. The standard InChI is InChI=1S/C27H24N2O3S/c1-19-12-15-23(16-13-19)33(31,32)28-18-26(21-8-4-3-5-9-21)29-24(20(2)27(28)30)17-14-22-10-6-7-11-25(22)29/h3-18,20,24H,1-2H3. The Bertz CT molecular complexity index is 1380. The summed E-state index contributed by atoms with van der Waals surface area (Å²) in [5.74, 6) is -1.05. The first-order chi connectivity index (χ1) is 15.9. The normalized spacial score (nSPS) is 20.1. The summed E-state index contributed by atoms with van der Waals surface area (Å²) in [4.78, 5) is 15.8. The summed E-state index contributed by atoms with van der Waals surface area (Å²) in [6.45, 7) is 3.68. The molecule has 0 aliphatic carbocycles. The number of hydrogen-bond donors (Lipinski definition) is 0. The number of para-hydroxylation sites is 1. The molecule has 3 aromatic rings. The van der Waals surface area contributed by atoms with Gasteiger partial charge in [-0.15, -0.1) is 0 Å². The molecule has 166 valence electrons. The molecule has 33 heavy (non-hydrogen) atoms. The summed E-state index contributed by atoms with van der Waals surface area (Å²) < 4.78 is 28.2. The van der Waals surface area contributed by atoms with Crippen LogP contribution >= 0.6 is 0 Å². The van der Waals surface area contributed by atoms with Gasteiger partial charge in [0, 0.05) is 11.9 Å². The molecule has 2 aliphatic heterocycles. The number of anilines is 1. The molecular formula is C27H24N2O3S. The van der Waals surface area contributed by atoms with Gasteiger partial charge in [0.05, 0.1) is 22.6 Å². The maximum absolute atomic E-state index is 13.7. The first-order valence-corrected chi connectivity index (χ1v) is 12.3. The van der Waals surface area contributed by atoms with Crippen LogP contribution in [0.4, 0.5) is 5.69 Å². The van der Waals surface area contributed by atoms with E-state index in [1.807, 2.05) is 73.7 Å². The lowest BCUT2D eigenvalue weighted by molar-refractivity contribution is -0.128. The second-order valence-corrected chi connectivity index (χ2v) is 10.2. The van der Waals surface area contributed by atoms with Crippen LogP contribution in [0, 0.1) is 12.8 Å². The Kier molecular flexibility index (Phi) is 5.17. The predicted octanol–water partition coefficient (Wildman–Crippen LogP) is 5.06. The van der Waals surface area contributed by atoms with Crippen LogP contribution in [0.15, 0.2) is 96.0 Å². The zero-order chi connectivity index (χ0) is 23.2. The number of carbonyl (C=O) groups excluding carboxylic acids is 1. The van der Waals surface area contributed by atoms with Crippen molar-refractivity contribution in [2.75, 3.05) is 4.90 Å². The van der Waals surface area contributed by atoms with Gasteiger partial charge < -0.3 is 4.90 Å². The van der Waals surface area contributed by atoms with E-state index < -0.39 is 21.8 Å². The molecule has 5 rings (SSSR count). The minimum atomic E-state index is -4.09. The van der Waals surface area contributed by atoms with Gasteiger partial charge in [0.25, 0.3) is 10.0 Å². The van der Waals surface area contributed by atoms with Crippen molar-refractivity contribution in [2.24, 2.45) is 5.92 Å². The summed E-state index contributed by atoms with van der Waals surface area (Å²) in [5, 5.41) is 0. The van der Waals surface area contributed by atoms with Gasteiger partial charge in [0.1, 0.15) is 0 Å². The van der Waals surface area contributed by atoms with E-state index in [1.165, 1.54) is 6.20 Å². The predicted molar refractivity (Wildman–Crippen MR) is 131 cm³/mol. The van der Waals surface area contributed by atoms with Crippen molar-refractivity contribution < 1.29 is 13.2 Å². The van der Waals surface area contributed by atoms with Crippen molar-refractivity contribution in [2.45, 2.75) is 24.8 Å². The number of amides is 1. The van der Waals surface area contributed by atoms with E-state index in [2.05, 4.69) is 4.90 Å². The minimum absolute atomic E-state index is 0.0909. The van der Waals surface area contributed by atoms with Crippen LogP contribution in [0.1, 0.15) is 23.6 Å². The highest BCUT2D eigenvalue weighted by molar-refractivity contribution is 7.89. The van der Waals surface area contributed by atoms with Gasteiger partial charge >= 0.3 is 0 Å². The first-order valence-electron chi connectivity index (χ1n) is 10.9. The SMILES string of the molecule is Cc1ccc(S(=O)(=O)N2C=C(c3ccccc3)N3c4ccccc4C=CC3C(C)C2=O)cc1. The van der Waals surface area contributed by atoms with Crippen LogP contribution in [-0.4, -0.2) is 24.7 Å². The Morgan fingerprint density at radius 2 is 1.52 bits per heavy atom. The van der Waals surface area contributed by atoms with Crippen LogP contribution in [0.3, 0.4) is 0 Å². The quantitative estimate of drug-likeness (QED) is 0.553. The molecular weight excluding hydrogens is 432 g/mol. The van der Waals surface area contributed by atoms with Gasteiger partial charge in [-0.05, 0) is 36.2 Å². The van der Waals surface area contributed by atoms with E-state index in [0.717, 1.165) is 26.7 Å². The van der Waals surface area contributed by atoms with Crippen LogP contribution in [-0.2, 0) is 14.8 Å². The molecule has 0 saturated carbocycles. The number of benzene rings is 3. The Hall–Kier alpha value is -3.64. The molecule has 0 radical (unpaired) electrons. The minimum Gasteiger partial charge on any atom is -0.331 e. The smallest absolute Gasteiger partial charge is 0.270 e. The van der Waals surface area contributed by atoms with Crippen molar-refractivity contribution in [1.82, 2.24) is 4.31 Å². The van der Waals surface area contributed by atoms with Crippen LogP contribution < -0.4 is 4.90 Å². The Morgan fingerprint density at radius 3 is 2.24 bits per heavy atom. The second kappa shape index (κ2) is 8.05. The molecule has 0 spiro atoms. The number of hydrogen-bond acceptors (Lipinski definition) is 4. The van der Waals surface area contributed by atoms with Crippen LogP contribution in [0.5, 0.6) is 0 Å². The average Bonchev–Trinajstić information content (AvgIpc) is 2.95. The van der Waals surface area contributed by atoms with E-state index in [4.69, 9.17) is 0 Å². The van der Waals surface area contributed by atoms with Gasteiger partial charge in [-0.1, -0.05) is 85.3 Å². The zero-order valence-corrected chi connectivity index (χ0v) is 19.2. The fourth-order valence-corrected chi connectivity index (χ4v) is 5.74. The number of nitrogens with zero attached hydrogens (tertiary/aromatic N) is 2.